The minimum absolute atomic E-state index is 0.0337. The molecule has 0 saturated heterocycles. The largest absolute Gasteiger partial charge is 0.428 e. The SMILES string of the molecule is CC(=O)NCCN(CCCCc1ccc2c(n1)NCCC2)CC[C@H](Nc1ncc(Br)c[n+]1O)C(C)=O. The Morgan fingerprint density at radius 3 is 2.83 bits per heavy atom. The van der Waals surface area contributed by atoms with Crippen molar-refractivity contribution in [3.05, 3.63) is 40.3 Å². The van der Waals surface area contributed by atoms with Gasteiger partial charge in [-0.3, -0.25) is 14.9 Å². The van der Waals surface area contributed by atoms with Crippen molar-refractivity contribution in [3.63, 3.8) is 0 Å². The Balaban J connectivity index is 1.51. The van der Waals surface area contributed by atoms with E-state index in [0.29, 0.717) is 30.5 Å². The number of amides is 1. The average Bonchev–Trinajstić information content (AvgIpc) is 2.84. The zero-order chi connectivity index (χ0) is 25.9. The summed E-state index contributed by atoms with van der Waals surface area (Å²) >= 11 is 3.25. The average molecular weight is 564 g/mol. The summed E-state index contributed by atoms with van der Waals surface area (Å²) in [5.74, 6) is 1.14. The summed E-state index contributed by atoms with van der Waals surface area (Å²) in [6, 6.07) is 3.83. The number of pyridine rings is 1. The number of rotatable bonds is 14. The summed E-state index contributed by atoms with van der Waals surface area (Å²) in [7, 11) is 0. The number of hydrogen-bond acceptors (Lipinski definition) is 8. The number of halogens is 1. The molecule has 0 spiro atoms. The van der Waals surface area contributed by atoms with Crippen LogP contribution in [0.25, 0.3) is 0 Å². The van der Waals surface area contributed by atoms with E-state index in [0.717, 1.165) is 61.4 Å². The number of nitrogens with one attached hydrogen (secondary N) is 3. The van der Waals surface area contributed by atoms with Gasteiger partial charge in [0.1, 0.15) is 24.3 Å². The lowest BCUT2D eigenvalue weighted by Crippen LogP contribution is -2.42. The highest BCUT2D eigenvalue weighted by Crippen LogP contribution is 2.20. The van der Waals surface area contributed by atoms with Gasteiger partial charge in [-0.1, -0.05) is 15.8 Å². The van der Waals surface area contributed by atoms with E-state index in [-0.39, 0.29) is 17.6 Å². The van der Waals surface area contributed by atoms with Crippen LogP contribution in [0, 0.1) is 0 Å². The Kier molecular flexibility index (Phi) is 10.9. The molecule has 4 N–H and O–H groups in total. The predicted molar refractivity (Wildman–Crippen MR) is 141 cm³/mol. The molecule has 0 unspecified atom stereocenters. The van der Waals surface area contributed by atoms with E-state index >= 15 is 0 Å². The molecular formula is C25H37BrN7O3+. The van der Waals surface area contributed by atoms with Gasteiger partial charge in [0, 0.05) is 45.2 Å². The molecule has 1 amide bonds. The van der Waals surface area contributed by atoms with Crippen LogP contribution in [0.4, 0.5) is 11.8 Å². The van der Waals surface area contributed by atoms with E-state index < -0.39 is 6.04 Å². The van der Waals surface area contributed by atoms with Crippen LogP contribution in [0.15, 0.2) is 29.0 Å². The summed E-state index contributed by atoms with van der Waals surface area (Å²) in [5, 5.41) is 19.3. The Hall–Kier alpha value is -2.79. The minimum atomic E-state index is -0.493. The highest BCUT2D eigenvalue weighted by molar-refractivity contribution is 9.10. The number of fused-ring (bicyclic) bond motifs is 1. The standard InChI is InChI=1S/C25H36BrN7O3/c1-18(34)23(31-25-29-16-21(26)17-33(25)36)10-14-32(15-12-27-19(2)35)13-4-3-7-22-9-8-20-6-5-11-28-24(20)30-22/h8-9,16-17,23,36H,3-7,10-15H2,1-2H3,(H2,27,28,30,35)/p+1/t23-/m0/s1. The first-order valence-electron chi connectivity index (χ1n) is 12.5. The number of Topliss-reactive ketones (excluding diaryl/α,β-unsaturated/α-hetero) is 1. The van der Waals surface area contributed by atoms with Crippen molar-refractivity contribution in [2.45, 2.75) is 58.4 Å². The number of aryl methyl sites for hydroxylation is 2. The quantitative estimate of drug-likeness (QED) is 0.157. The second-order valence-corrected chi connectivity index (χ2v) is 10.1. The maximum Gasteiger partial charge on any atom is 0.428 e. The van der Waals surface area contributed by atoms with Crippen LogP contribution in [0.2, 0.25) is 0 Å². The van der Waals surface area contributed by atoms with Crippen LogP contribution in [-0.2, 0) is 22.4 Å². The third-order valence-electron chi connectivity index (χ3n) is 6.21. The zero-order valence-electron chi connectivity index (χ0n) is 21.1. The molecule has 10 nitrogen and oxygen atoms in total. The monoisotopic (exact) mass is 562 g/mol. The van der Waals surface area contributed by atoms with Crippen molar-refractivity contribution >= 4 is 39.4 Å². The molecule has 2 aromatic heterocycles. The van der Waals surface area contributed by atoms with Crippen molar-refractivity contribution in [1.82, 2.24) is 20.2 Å². The molecule has 3 heterocycles. The van der Waals surface area contributed by atoms with Crippen LogP contribution in [0.3, 0.4) is 0 Å². The van der Waals surface area contributed by atoms with Gasteiger partial charge < -0.3 is 20.7 Å². The van der Waals surface area contributed by atoms with Gasteiger partial charge in [-0.25, -0.2) is 4.98 Å². The molecule has 1 aliphatic heterocycles. The molecule has 0 aliphatic carbocycles. The maximum absolute atomic E-state index is 12.3. The third kappa shape index (κ3) is 9.02. The molecule has 11 heteroatoms. The predicted octanol–water partition coefficient (Wildman–Crippen LogP) is 2.34. The molecule has 0 aromatic carbocycles. The van der Waals surface area contributed by atoms with Gasteiger partial charge in [0.2, 0.25) is 5.91 Å². The first kappa shape index (κ1) is 27.8. The second kappa shape index (κ2) is 14.1. The van der Waals surface area contributed by atoms with Crippen LogP contribution in [-0.4, -0.2) is 70.5 Å². The molecule has 3 rings (SSSR count). The Morgan fingerprint density at radius 1 is 1.25 bits per heavy atom. The summed E-state index contributed by atoms with van der Waals surface area (Å²) < 4.78 is 1.49. The lowest BCUT2D eigenvalue weighted by Gasteiger charge is -2.24. The third-order valence-corrected chi connectivity index (χ3v) is 6.62. The Labute approximate surface area is 221 Å². The van der Waals surface area contributed by atoms with Gasteiger partial charge in [0.15, 0.2) is 5.78 Å². The molecule has 1 atom stereocenters. The fourth-order valence-corrected chi connectivity index (χ4v) is 4.51. The van der Waals surface area contributed by atoms with Gasteiger partial charge in [0.05, 0.1) is 4.47 Å². The summed E-state index contributed by atoms with van der Waals surface area (Å²) in [5.41, 5.74) is 2.40. The maximum atomic E-state index is 12.3. The molecule has 196 valence electrons. The molecule has 1 aliphatic rings. The van der Waals surface area contributed by atoms with E-state index in [9.17, 15) is 14.8 Å². The van der Waals surface area contributed by atoms with E-state index in [1.165, 1.54) is 25.6 Å². The number of nitrogens with zero attached hydrogens (tertiary/aromatic N) is 4. The van der Waals surface area contributed by atoms with Crippen LogP contribution >= 0.6 is 15.9 Å². The first-order chi connectivity index (χ1) is 17.3. The smallest absolute Gasteiger partial charge is 0.371 e. The van der Waals surface area contributed by atoms with Crippen molar-refractivity contribution < 1.29 is 19.5 Å². The number of anilines is 2. The molecule has 0 radical (unpaired) electrons. The van der Waals surface area contributed by atoms with Crippen LogP contribution in [0.5, 0.6) is 0 Å². The van der Waals surface area contributed by atoms with E-state index in [1.807, 2.05) is 0 Å². The first-order valence-corrected chi connectivity index (χ1v) is 13.3. The summed E-state index contributed by atoms with van der Waals surface area (Å²) in [6.07, 6.45) is 8.70. The summed E-state index contributed by atoms with van der Waals surface area (Å²) in [6.45, 7) is 6.79. The van der Waals surface area contributed by atoms with Gasteiger partial charge in [-0.05, 0) is 73.1 Å². The summed E-state index contributed by atoms with van der Waals surface area (Å²) in [4.78, 5) is 34.8. The van der Waals surface area contributed by atoms with Gasteiger partial charge >= 0.3 is 5.95 Å². The molecular weight excluding hydrogens is 526 g/mol. The second-order valence-electron chi connectivity index (χ2n) is 9.16. The van der Waals surface area contributed by atoms with Gasteiger partial charge in [-0.15, -0.1) is 0 Å². The molecule has 0 fully saturated rings. The molecule has 0 saturated carbocycles. The van der Waals surface area contributed by atoms with Crippen molar-refractivity contribution in [2.24, 2.45) is 0 Å². The molecule has 2 aromatic rings. The lowest BCUT2D eigenvalue weighted by atomic mass is 10.1. The lowest BCUT2D eigenvalue weighted by molar-refractivity contribution is -0.895. The number of ketones is 1. The molecule has 36 heavy (non-hydrogen) atoms. The van der Waals surface area contributed by atoms with E-state index in [2.05, 4.69) is 53.9 Å². The fraction of sp³-hybridized carbons (Fsp3) is 0.560. The highest BCUT2D eigenvalue weighted by atomic mass is 79.9. The molecule has 0 bridgehead atoms. The van der Waals surface area contributed by atoms with E-state index in [1.54, 1.807) is 6.20 Å². The Bertz CT molecular complexity index is 1040. The number of carbonyl (C=O) groups excluding carboxylic acids is 2. The zero-order valence-corrected chi connectivity index (χ0v) is 22.7. The number of carbonyl (C=O) groups is 2. The number of unbranched alkanes of at least 4 members (excludes halogenated alkanes) is 1. The van der Waals surface area contributed by atoms with Crippen molar-refractivity contribution in [2.75, 3.05) is 43.4 Å². The topological polar surface area (TPSA) is 123 Å². The van der Waals surface area contributed by atoms with Gasteiger partial charge in [0.25, 0.3) is 0 Å². The number of hydrogen-bond donors (Lipinski definition) is 4. The Morgan fingerprint density at radius 2 is 2.08 bits per heavy atom. The normalized spacial score (nSPS) is 13.6. The van der Waals surface area contributed by atoms with Crippen molar-refractivity contribution in [1.29, 1.82) is 0 Å². The van der Waals surface area contributed by atoms with E-state index in [4.69, 9.17) is 4.98 Å². The highest BCUT2D eigenvalue weighted by Gasteiger charge is 2.23. The van der Waals surface area contributed by atoms with Crippen molar-refractivity contribution in [3.8, 4) is 0 Å². The van der Waals surface area contributed by atoms with Crippen LogP contribution in [0.1, 0.15) is 50.8 Å². The van der Waals surface area contributed by atoms with Crippen LogP contribution < -0.4 is 20.7 Å². The fourth-order valence-electron chi connectivity index (χ4n) is 4.22. The minimum Gasteiger partial charge on any atom is -0.371 e. The number of aromatic nitrogens is 3. The van der Waals surface area contributed by atoms with Gasteiger partial charge in [-0.2, -0.15) is 0 Å².